The predicted molar refractivity (Wildman–Crippen MR) is 141 cm³/mol. The molecule has 0 aromatic rings. The quantitative estimate of drug-likeness (QED) is 0.0675. The van der Waals surface area contributed by atoms with Gasteiger partial charge in [0, 0.05) is 19.6 Å². The number of methoxy groups -OCH3 is 1. The lowest BCUT2D eigenvalue weighted by Gasteiger charge is -2.40. The highest BCUT2D eigenvalue weighted by Gasteiger charge is 2.41. The minimum atomic E-state index is -2.05. The molecule has 0 amide bonds. The van der Waals surface area contributed by atoms with E-state index in [2.05, 4.69) is 74.7 Å². The SMILES string of the molecule is CCCCCCCC(CC(OCCOC)OO[Si](C)(C)C(C)(C)C)O[Si](C)(C)C(C)(C)C. The molecule has 0 saturated heterocycles. The summed E-state index contributed by atoms with van der Waals surface area (Å²) < 4.78 is 24.2. The second-order valence-electron chi connectivity index (χ2n) is 12.2. The first-order valence-corrected chi connectivity index (χ1v) is 18.5. The first kappa shape index (κ1) is 32.2. The molecular formula is C25H56O5Si2. The van der Waals surface area contributed by atoms with Gasteiger partial charge in [-0.15, -0.1) is 0 Å². The molecule has 0 spiro atoms. The molecule has 2 unspecified atom stereocenters. The van der Waals surface area contributed by atoms with E-state index in [1.54, 1.807) is 7.11 Å². The van der Waals surface area contributed by atoms with Crippen molar-refractivity contribution in [3.8, 4) is 0 Å². The Bertz CT molecular complexity index is 484. The molecule has 32 heavy (non-hydrogen) atoms. The Morgan fingerprint density at radius 3 is 1.81 bits per heavy atom. The summed E-state index contributed by atoms with van der Waals surface area (Å²) in [6, 6.07) is 0. The number of hydrogen-bond donors (Lipinski definition) is 0. The van der Waals surface area contributed by atoms with Crippen molar-refractivity contribution in [3.63, 3.8) is 0 Å². The van der Waals surface area contributed by atoms with Gasteiger partial charge < -0.3 is 13.9 Å². The fourth-order valence-corrected chi connectivity index (χ4v) is 4.70. The van der Waals surface area contributed by atoms with Crippen LogP contribution < -0.4 is 0 Å². The Balaban J connectivity index is 5.32. The van der Waals surface area contributed by atoms with Crippen LogP contribution in [0.15, 0.2) is 0 Å². The van der Waals surface area contributed by atoms with Gasteiger partial charge in [0.15, 0.2) is 14.6 Å². The summed E-state index contributed by atoms with van der Waals surface area (Å²) in [5, 5.41) is 0.235. The highest BCUT2D eigenvalue weighted by Crippen LogP contribution is 2.39. The molecule has 0 aliphatic rings. The van der Waals surface area contributed by atoms with Crippen LogP contribution in [0.4, 0.5) is 0 Å². The third-order valence-electron chi connectivity index (χ3n) is 7.11. The van der Waals surface area contributed by atoms with Crippen LogP contribution in [-0.4, -0.2) is 49.4 Å². The van der Waals surface area contributed by atoms with Crippen molar-refractivity contribution in [2.24, 2.45) is 0 Å². The van der Waals surface area contributed by atoms with E-state index in [0.29, 0.717) is 19.6 Å². The molecule has 194 valence electrons. The van der Waals surface area contributed by atoms with Crippen LogP contribution in [0.2, 0.25) is 36.3 Å². The van der Waals surface area contributed by atoms with Gasteiger partial charge in [-0.25, -0.2) is 4.89 Å². The summed E-state index contributed by atoms with van der Waals surface area (Å²) in [5.41, 5.74) is 0. The van der Waals surface area contributed by atoms with Gasteiger partial charge in [0.2, 0.25) is 8.32 Å². The van der Waals surface area contributed by atoms with Crippen LogP contribution in [0.3, 0.4) is 0 Å². The molecule has 0 bridgehead atoms. The first-order valence-electron chi connectivity index (χ1n) is 12.7. The monoisotopic (exact) mass is 492 g/mol. The molecule has 2 atom stereocenters. The molecule has 0 heterocycles. The van der Waals surface area contributed by atoms with Gasteiger partial charge in [0.25, 0.3) is 0 Å². The van der Waals surface area contributed by atoms with Crippen molar-refractivity contribution in [2.75, 3.05) is 20.3 Å². The van der Waals surface area contributed by atoms with Gasteiger partial charge in [-0.3, -0.25) is 4.58 Å². The van der Waals surface area contributed by atoms with Crippen molar-refractivity contribution in [1.82, 2.24) is 0 Å². The molecule has 0 radical (unpaired) electrons. The van der Waals surface area contributed by atoms with E-state index in [1.165, 1.54) is 32.1 Å². The fraction of sp³-hybridized carbons (Fsp3) is 1.00. The van der Waals surface area contributed by atoms with Gasteiger partial charge >= 0.3 is 0 Å². The predicted octanol–water partition coefficient (Wildman–Crippen LogP) is 8.07. The Hall–Kier alpha value is 0.234. The Morgan fingerprint density at radius 1 is 0.750 bits per heavy atom. The Kier molecular flexibility index (Phi) is 14.7. The fourth-order valence-electron chi connectivity index (χ4n) is 2.71. The Labute approximate surface area is 202 Å². The molecule has 0 saturated carbocycles. The van der Waals surface area contributed by atoms with Gasteiger partial charge in [0.05, 0.1) is 13.2 Å². The second kappa shape index (κ2) is 14.6. The van der Waals surface area contributed by atoms with Crippen molar-refractivity contribution >= 4 is 16.6 Å². The Morgan fingerprint density at radius 2 is 1.31 bits per heavy atom. The molecule has 0 aromatic carbocycles. The summed E-state index contributed by atoms with van der Waals surface area (Å²) in [4.78, 5) is 5.97. The summed E-state index contributed by atoms with van der Waals surface area (Å²) in [7, 11) is -2.27. The third kappa shape index (κ3) is 12.6. The van der Waals surface area contributed by atoms with Crippen LogP contribution in [0.25, 0.3) is 0 Å². The summed E-state index contributed by atoms with van der Waals surface area (Å²) in [5.74, 6) is 0. The summed E-state index contributed by atoms with van der Waals surface area (Å²) in [6.45, 7) is 25.8. The zero-order valence-electron chi connectivity index (χ0n) is 23.6. The number of rotatable bonds is 17. The number of hydrogen-bond acceptors (Lipinski definition) is 5. The lowest BCUT2D eigenvalue weighted by atomic mass is 10.1. The van der Waals surface area contributed by atoms with Crippen molar-refractivity contribution in [1.29, 1.82) is 0 Å². The molecule has 0 fully saturated rings. The smallest absolute Gasteiger partial charge is 0.238 e. The standard InChI is InChI=1S/C25H56O5Si2/c1-13-14-15-16-17-18-22(29-31(9,10)24(2,3)4)21-23(27-20-19-26-8)28-30-32(11,12)25(5,6)7/h22-23H,13-21H2,1-12H3. The van der Waals surface area contributed by atoms with E-state index in [1.807, 2.05) is 0 Å². The maximum Gasteiger partial charge on any atom is 0.238 e. The average Bonchev–Trinajstić information content (AvgIpc) is 2.63. The van der Waals surface area contributed by atoms with Crippen LogP contribution in [0.1, 0.15) is 93.4 Å². The van der Waals surface area contributed by atoms with Crippen LogP contribution in [0.5, 0.6) is 0 Å². The normalized spacial score (nSPS) is 15.8. The highest BCUT2D eigenvalue weighted by molar-refractivity contribution is 6.74. The maximum absolute atomic E-state index is 6.85. The minimum Gasteiger partial charge on any atom is -0.414 e. The van der Waals surface area contributed by atoms with Gasteiger partial charge in [-0.1, -0.05) is 80.6 Å². The molecule has 5 nitrogen and oxygen atoms in total. The van der Waals surface area contributed by atoms with Gasteiger partial charge in [0.1, 0.15) is 0 Å². The zero-order chi connectivity index (χ0) is 25.1. The van der Waals surface area contributed by atoms with Gasteiger partial charge in [-0.2, -0.15) is 0 Å². The molecule has 0 N–H and O–H groups in total. The largest absolute Gasteiger partial charge is 0.414 e. The van der Waals surface area contributed by atoms with Gasteiger partial charge in [-0.05, 0) is 42.7 Å². The second-order valence-corrected chi connectivity index (χ2v) is 21.6. The van der Waals surface area contributed by atoms with E-state index in [9.17, 15) is 0 Å². The lowest BCUT2D eigenvalue weighted by Crippen LogP contribution is -2.46. The average molecular weight is 493 g/mol. The molecule has 0 aromatic heterocycles. The molecule has 7 heteroatoms. The van der Waals surface area contributed by atoms with Crippen LogP contribution in [-0.2, 0) is 23.4 Å². The summed E-state index contributed by atoms with van der Waals surface area (Å²) >= 11 is 0. The zero-order valence-corrected chi connectivity index (χ0v) is 25.6. The van der Waals surface area contributed by atoms with Crippen LogP contribution in [0, 0.1) is 0 Å². The summed E-state index contributed by atoms with van der Waals surface area (Å²) in [6.07, 6.45) is 7.65. The van der Waals surface area contributed by atoms with E-state index in [0.717, 1.165) is 6.42 Å². The molecule has 0 aliphatic heterocycles. The highest BCUT2D eigenvalue weighted by atomic mass is 28.4. The number of unbranched alkanes of at least 4 members (excludes halogenated alkanes) is 4. The molecule has 0 aliphatic carbocycles. The van der Waals surface area contributed by atoms with Crippen LogP contribution >= 0.6 is 0 Å². The van der Waals surface area contributed by atoms with Crippen molar-refractivity contribution in [2.45, 2.75) is 142 Å². The maximum atomic E-state index is 6.85. The third-order valence-corrected chi connectivity index (χ3v) is 15.8. The van der Waals surface area contributed by atoms with E-state index in [4.69, 9.17) is 23.4 Å². The minimum absolute atomic E-state index is 0.0698. The molecular weight excluding hydrogens is 436 g/mol. The first-order chi connectivity index (χ1) is 14.6. The van der Waals surface area contributed by atoms with E-state index < -0.39 is 22.9 Å². The number of ether oxygens (including phenoxy) is 2. The lowest BCUT2D eigenvalue weighted by molar-refractivity contribution is -0.335. The van der Waals surface area contributed by atoms with E-state index in [-0.39, 0.29) is 16.2 Å². The molecule has 0 rings (SSSR count). The topological polar surface area (TPSA) is 46.2 Å². The van der Waals surface area contributed by atoms with Crippen molar-refractivity contribution in [3.05, 3.63) is 0 Å². The van der Waals surface area contributed by atoms with E-state index >= 15 is 0 Å². The van der Waals surface area contributed by atoms with Crippen molar-refractivity contribution < 1.29 is 23.4 Å².